The van der Waals surface area contributed by atoms with Gasteiger partial charge in [0.1, 0.15) is 6.29 Å². The molecular weight excluding hydrogens is 136 g/mol. The molecule has 0 fully saturated rings. The zero-order valence-electron chi connectivity index (χ0n) is 7.50. The van der Waals surface area contributed by atoms with E-state index < -0.39 is 0 Å². The largest absolute Gasteiger partial charge is 0.303 e. The van der Waals surface area contributed by atoms with Crippen LogP contribution >= 0.6 is 0 Å². The van der Waals surface area contributed by atoms with Crippen molar-refractivity contribution in [2.75, 3.05) is 0 Å². The molecule has 0 saturated heterocycles. The van der Waals surface area contributed by atoms with Crippen LogP contribution in [0.25, 0.3) is 0 Å². The highest BCUT2D eigenvalue weighted by molar-refractivity contribution is 5.55. The Morgan fingerprint density at radius 2 is 2.18 bits per heavy atom. The standard InChI is InChI=1S/C10H16O/c1-7-4-8(2)9(3)10(5-7)6-11/h4,6-7,9-10H,5H2,1-3H3. The molecule has 0 radical (unpaired) electrons. The van der Waals surface area contributed by atoms with Crippen LogP contribution in [0.4, 0.5) is 0 Å². The van der Waals surface area contributed by atoms with Gasteiger partial charge in [-0.1, -0.05) is 25.5 Å². The summed E-state index contributed by atoms with van der Waals surface area (Å²) in [6.45, 7) is 6.43. The summed E-state index contributed by atoms with van der Waals surface area (Å²) in [5, 5.41) is 0. The summed E-state index contributed by atoms with van der Waals surface area (Å²) in [4.78, 5) is 10.6. The van der Waals surface area contributed by atoms with Gasteiger partial charge in [0.05, 0.1) is 0 Å². The van der Waals surface area contributed by atoms with Gasteiger partial charge in [-0.05, 0) is 25.2 Å². The minimum Gasteiger partial charge on any atom is -0.303 e. The summed E-state index contributed by atoms with van der Waals surface area (Å²) in [7, 11) is 0. The fourth-order valence-corrected chi connectivity index (χ4v) is 1.81. The molecule has 0 heterocycles. The fourth-order valence-electron chi connectivity index (χ4n) is 1.81. The Morgan fingerprint density at radius 1 is 1.55 bits per heavy atom. The van der Waals surface area contributed by atoms with E-state index in [-0.39, 0.29) is 5.92 Å². The van der Waals surface area contributed by atoms with Gasteiger partial charge in [0.2, 0.25) is 0 Å². The molecule has 0 aromatic rings. The third-order valence-corrected chi connectivity index (χ3v) is 2.73. The van der Waals surface area contributed by atoms with Crippen molar-refractivity contribution in [2.24, 2.45) is 17.8 Å². The van der Waals surface area contributed by atoms with Crippen LogP contribution in [0.1, 0.15) is 27.2 Å². The molecule has 0 bridgehead atoms. The van der Waals surface area contributed by atoms with Crippen LogP contribution in [0.15, 0.2) is 11.6 Å². The number of hydrogen-bond donors (Lipinski definition) is 0. The molecule has 0 aliphatic heterocycles. The van der Waals surface area contributed by atoms with Gasteiger partial charge in [-0.15, -0.1) is 0 Å². The van der Waals surface area contributed by atoms with Crippen LogP contribution in [-0.2, 0) is 4.79 Å². The number of carbonyl (C=O) groups is 1. The number of aldehydes is 1. The van der Waals surface area contributed by atoms with E-state index in [1.54, 1.807) is 0 Å². The van der Waals surface area contributed by atoms with E-state index >= 15 is 0 Å². The van der Waals surface area contributed by atoms with Crippen LogP contribution in [0.5, 0.6) is 0 Å². The topological polar surface area (TPSA) is 17.1 Å². The maximum Gasteiger partial charge on any atom is 0.123 e. The van der Waals surface area contributed by atoms with Crippen molar-refractivity contribution in [3.63, 3.8) is 0 Å². The molecule has 1 rings (SSSR count). The lowest BCUT2D eigenvalue weighted by Gasteiger charge is -2.27. The molecule has 0 saturated carbocycles. The number of rotatable bonds is 1. The van der Waals surface area contributed by atoms with Crippen molar-refractivity contribution in [3.05, 3.63) is 11.6 Å². The first kappa shape index (κ1) is 8.51. The summed E-state index contributed by atoms with van der Waals surface area (Å²) in [6, 6.07) is 0. The molecule has 1 nitrogen and oxygen atoms in total. The van der Waals surface area contributed by atoms with Crippen molar-refractivity contribution in [2.45, 2.75) is 27.2 Å². The molecular formula is C10H16O. The van der Waals surface area contributed by atoms with E-state index in [1.807, 2.05) is 0 Å². The fraction of sp³-hybridized carbons (Fsp3) is 0.700. The van der Waals surface area contributed by atoms with Crippen LogP contribution in [0.3, 0.4) is 0 Å². The van der Waals surface area contributed by atoms with Gasteiger partial charge in [0.25, 0.3) is 0 Å². The maximum absolute atomic E-state index is 10.6. The van der Waals surface area contributed by atoms with E-state index in [1.165, 1.54) is 5.57 Å². The summed E-state index contributed by atoms with van der Waals surface area (Å²) < 4.78 is 0. The molecule has 1 heteroatoms. The van der Waals surface area contributed by atoms with E-state index in [4.69, 9.17) is 0 Å². The van der Waals surface area contributed by atoms with Crippen molar-refractivity contribution in [1.29, 1.82) is 0 Å². The number of allylic oxidation sites excluding steroid dienone is 2. The second-order valence-electron chi connectivity index (χ2n) is 3.71. The molecule has 0 spiro atoms. The number of carbonyl (C=O) groups excluding carboxylic acids is 1. The van der Waals surface area contributed by atoms with Crippen LogP contribution in [0.2, 0.25) is 0 Å². The molecule has 1 aliphatic carbocycles. The molecule has 0 aromatic carbocycles. The number of hydrogen-bond acceptors (Lipinski definition) is 1. The molecule has 62 valence electrons. The predicted octanol–water partition coefficient (Wildman–Crippen LogP) is 2.42. The van der Waals surface area contributed by atoms with Gasteiger partial charge in [-0.2, -0.15) is 0 Å². The zero-order chi connectivity index (χ0) is 8.43. The van der Waals surface area contributed by atoms with Gasteiger partial charge in [0.15, 0.2) is 0 Å². The predicted molar refractivity (Wildman–Crippen MR) is 46.3 cm³/mol. The van der Waals surface area contributed by atoms with Crippen LogP contribution < -0.4 is 0 Å². The van der Waals surface area contributed by atoms with E-state index in [0.29, 0.717) is 11.8 Å². The molecule has 0 amide bonds. The summed E-state index contributed by atoms with van der Waals surface area (Å²) in [6.07, 6.45) is 4.42. The minimum atomic E-state index is 0.259. The lowest BCUT2D eigenvalue weighted by atomic mass is 9.77. The molecule has 0 N–H and O–H groups in total. The first-order valence-corrected chi connectivity index (χ1v) is 4.28. The Balaban J connectivity index is 2.76. The minimum absolute atomic E-state index is 0.259. The summed E-state index contributed by atoms with van der Waals surface area (Å²) >= 11 is 0. The highest BCUT2D eigenvalue weighted by Crippen LogP contribution is 2.31. The van der Waals surface area contributed by atoms with E-state index in [9.17, 15) is 4.79 Å². The quantitative estimate of drug-likeness (QED) is 0.416. The maximum atomic E-state index is 10.6. The monoisotopic (exact) mass is 152 g/mol. The molecule has 1 aliphatic rings. The lowest BCUT2D eigenvalue weighted by Crippen LogP contribution is -2.21. The average Bonchev–Trinajstić information content (AvgIpc) is 1.96. The third-order valence-electron chi connectivity index (χ3n) is 2.73. The zero-order valence-corrected chi connectivity index (χ0v) is 7.50. The highest BCUT2D eigenvalue weighted by atomic mass is 16.1. The Hall–Kier alpha value is -0.590. The second-order valence-corrected chi connectivity index (χ2v) is 3.71. The second kappa shape index (κ2) is 3.21. The average molecular weight is 152 g/mol. The van der Waals surface area contributed by atoms with Gasteiger partial charge >= 0.3 is 0 Å². The molecule has 0 aromatic heterocycles. The van der Waals surface area contributed by atoms with Gasteiger partial charge < -0.3 is 4.79 Å². The van der Waals surface area contributed by atoms with Crippen LogP contribution in [-0.4, -0.2) is 6.29 Å². The summed E-state index contributed by atoms with van der Waals surface area (Å²) in [5.41, 5.74) is 1.38. The molecule has 3 unspecified atom stereocenters. The molecule has 11 heavy (non-hydrogen) atoms. The van der Waals surface area contributed by atoms with Gasteiger partial charge in [0, 0.05) is 5.92 Å². The summed E-state index contributed by atoms with van der Waals surface area (Å²) in [5.74, 6) is 1.31. The van der Waals surface area contributed by atoms with Crippen molar-refractivity contribution in [3.8, 4) is 0 Å². The Morgan fingerprint density at radius 3 is 2.73 bits per heavy atom. The Kier molecular flexibility index (Phi) is 2.48. The third kappa shape index (κ3) is 1.70. The first-order valence-electron chi connectivity index (χ1n) is 4.28. The SMILES string of the molecule is CC1=CC(C)CC(C=O)C1C. The smallest absolute Gasteiger partial charge is 0.123 e. The van der Waals surface area contributed by atoms with Crippen molar-refractivity contribution in [1.82, 2.24) is 0 Å². The Bertz CT molecular complexity index is 181. The van der Waals surface area contributed by atoms with Crippen molar-refractivity contribution >= 4 is 6.29 Å². The molecule has 3 atom stereocenters. The Labute approximate surface area is 68.5 Å². The van der Waals surface area contributed by atoms with Gasteiger partial charge in [-0.3, -0.25) is 0 Å². The highest BCUT2D eigenvalue weighted by Gasteiger charge is 2.24. The van der Waals surface area contributed by atoms with Crippen LogP contribution in [0, 0.1) is 17.8 Å². The first-order chi connectivity index (χ1) is 5.15. The van der Waals surface area contributed by atoms with E-state index in [0.717, 1.165) is 12.7 Å². The van der Waals surface area contributed by atoms with Gasteiger partial charge in [-0.25, -0.2) is 0 Å². The van der Waals surface area contributed by atoms with Crippen molar-refractivity contribution < 1.29 is 4.79 Å². The van der Waals surface area contributed by atoms with E-state index in [2.05, 4.69) is 26.8 Å². The lowest BCUT2D eigenvalue weighted by molar-refractivity contribution is -0.112. The normalized spacial score (nSPS) is 38.1.